The van der Waals surface area contributed by atoms with Gasteiger partial charge in [0.1, 0.15) is 0 Å². The van der Waals surface area contributed by atoms with Crippen LogP contribution in [-0.4, -0.2) is 4.70 Å². The zero-order valence-corrected chi connectivity index (χ0v) is 35.2. The van der Waals surface area contributed by atoms with Crippen LogP contribution in [0.2, 0.25) is 10.8 Å². The Bertz CT molecular complexity index is 1220. The average Bonchev–Trinajstić information content (AvgIpc) is 3.44. The Labute approximate surface area is 323 Å². The number of allylic oxidation sites excluding steroid dienone is 2. The molecule has 51 heavy (non-hydrogen) atoms. The first-order valence-electron chi connectivity index (χ1n) is 21.6. The van der Waals surface area contributed by atoms with Gasteiger partial charge in [-0.25, -0.2) is 4.70 Å². The molecular weight excluding hydrogens is 663 g/mol. The summed E-state index contributed by atoms with van der Waals surface area (Å²) in [7, 11) is 0. The fourth-order valence-electron chi connectivity index (χ4n) is 6.91. The number of benzene rings is 2. The molecule has 3 rings (SSSR count). The number of aryl methyl sites for hydroxylation is 2. The normalized spacial score (nSPS) is 13.0. The Morgan fingerprint density at radius 1 is 0.412 bits per heavy atom. The van der Waals surface area contributed by atoms with Crippen molar-refractivity contribution in [2.45, 2.75) is 206 Å². The van der Waals surface area contributed by atoms with Crippen molar-refractivity contribution in [1.29, 1.82) is 0 Å². The Kier molecular flexibility index (Phi) is 26.1. The van der Waals surface area contributed by atoms with Gasteiger partial charge in [-0.05, 0) is 80.3 Å². The second-order valence-corrected chi connectivity index (χ2v) is 16.2. The molecule has 2 nitrogen and oxygen atoms in total. The summed E-state index contributed by atoms with van der Waals surface area (Å²) >= 11 is 2.01. The molecule has 0 N–H and O–H groups in total. The van der Waals surface area contributed by atoms with Gasteiger partial charge in [0.25, 0.3) is 0 Å². The van der Waals surface area contributed by atoms with Gasteiger partial charge in [0.2, 0.25) is 11.4 Å². The maximum atomic E-state index is 11.5. The van der Waals surface area contributed by atoms with Gasteiger partial charge in [-0.1, -0.05) is 71.2 Å². The van der Waals surface area contributed by atoms with E-state index in [-0.39, 0.29) is 0 Å². The topological polar surface area (TPSA) is 25.3 Å². The van der Waals surface area contributed by atoms with Crippen molar-refractivity contribution >= 4 is 11.4 Å². The van der Waals surface area contributed by atoms with Crippen LogP contribution in [0, 0.1) is 0 Å². The molecule has 0 amide bonds. The number of hydrogen-bond donors (Lipinski definition) is 0. The third-order valence-corrected chi connectivity index (χ3v) is 11.7. The van der Waals surface area contributed by atoms with Gasteiger partial charge < -0.3 is 5.53 Å². The third kappa shape index (κ3) is 17.6. The Hall–Kier alpha value is -1.99. The molecule has 1 heterocycles. The molecule has 0 fully saturated rings. The predicted octanol–water partition coefficient (Wildman–Crippen LogP) is 16.5. The van der Waals surface area contributed by atoms with Crippen LogP contribution in [0.15, 0.2) is 59.7 Å². The number of unbranched alkanes of at least 4 members (excludes halogenated alkanes) is 15. The van der Waals surface area contributed by atoms with Crippen LogP contribution in [0.3, 0.4) is 0 Å². The van der Waals surface area contributed by atoms with Crippen molar-refractivity contribution in [3.05, 3.63) is 87.5 Å². The monoisotopic (exact) mass is 741 g/mol. The summed E-state index contributed by atoms with van der Waals surface area (Å²) in [6, 6.07) is 17.6. The fourth-order valence-corrected chi connectivity index (χ4v) is 8.14. The Morgan fingerprint density at radius 2 is 0.765 bits per heavy atom. The van der Waals surface area contributed by atoms with Crippen LogP contribution < -0.4 is 0 Å². The van der Waals surface area contributed by atoms with Crippen molar-refractivity contribution in [3.8, 4) is 0 Å². The summed E-state index contributed by atoms with van der Waals surface area (Å²) in [6.07, 6.45) is 31.5. The first kappa shape index (κ1) is 45.2. The molecule has 1 aliphatic rings. The minimum absolute atomic E-state index is 0.984. The molecule has 3 heteroatoms. The van der Waals surface area contributed by atoms with Gasteiger partial charge in [-0.2, -0.15) is 0 Å². The maximum absolute atomic E-state index is 11.5. The zero-order chi connectivity index (χ0) is 36.9. The molecule has 0 saturated carbocycles. The Morgan fingerprint density at radius 3 is 1.16 bits per heavy atom. The molecule has 0 radical (unpaired) electrons. The van der Waals surface area contributed by atoms with Gasteiger partial charge in [0.15, 0.2) is 0 Å². The van der Waals surface area contributed by atoms with E-state index in [1.807, 2.05) is 14.4 Å². The standard InChI is InChI=1S/C30H40N2.2C9H19.Ni/c1-5-9-12-24-17-21-26(22-18-24)30-28(14-11-7-3)27(13-10-6-2)29(32(30)31)25-19-15-23(8-4)16-20-25;2*1-3-5-7-9-8-6-4-2;/h15-22H,5-14H2,1-4H3;2*1,3-9H2,2H3;. The number of hydrogen-bond acceptors (Lipinski definition) is 0. The van der Waals surface area contributed by atoms with Gasteiger partial charge in [-0.15, -0.1) is 0 Å². The molecule has 0 aliphatic carbocycles. The average molecular weight is 742 g/mol. The molecule has 0 saturated heterocycles. The summed E-state index contributed by atoms with van der Waals surface area (Å²) in [6.45, 7) is 13.5. The molecular formula is C48H78N2Ni. The Balaban J connectivity index is 0.000000408. The molecule has 2 aromatic carbocycles. The third-order valence-electron chi connectivity index (χ3n) is 10.3. The molecule has 0 bridgehead atoms. The summed E-state index contributed by atoms with van der Waals surface area (Å²) in [5.41, 5.74) is 21.1. The molecule has 0 atom stereocenters. The van der Waals surface area contributed by atoms with Crippen LogP contribution in [0.1, 0.15) is 205 Å². The molecule has 290 valence electrons. The van der Waals surface area contributed by atoms with E-state index in [2.05, 4.69) is 90.1 Å². The van der Waals surface area contributed by atoms with Crippen molar-refractivity contribution in [2.75, 3.05) is 0 Å². The fraction of sp³-hybridized carbons (Fsp3) is 0.667. The SMILES string of the molecule is CCCCC1=C(c2ccc(CC)cc2)[N+](=[N-])C(c2ccc(CCCC)cc2)=C1CCCC.CCCCCCCC[CH2][Ni][CH2]CCCCCCCC. The van der Waals surface area contributed by atoms with Crippen molar-refractivity contribution in [1.82, 2.24) is 0 Å². The van der Waals surface area contributed by atoms with Crippen LogP contribution in [0.5, 0.6) is 0 Å². The van der Waals surface area contributed by atoms with Gasteiger partial charge in [0, 0.05) is 22.3 Å². The quantitative estimate of drug-likeness (QED) is 0.0471. The number of rotatable bonds is 28. The summed E-state index contributed by atoms with van der Waals surface area (Å²) in [5.74, 6) is 0. The van der Waals surface area contributed by atoms with Gasteiger partial charge in [0.05, 0.1) is 0 Å². The second kappa shape index (κ2) is 29.5. The molecule has 1 aliphatic heterocycles. The van der Waals surface area contributed by atoms with Crippen LogP contribution in [0.4, 0.5) is 0 Å². The van der Waals surface area contributed by atoms with Crippen molar-refractivity contribution < 1.29 is 19.1 Å². The van der Waals surface area contributed by atoms with Crippen LogP contribution >= 0.6 is 0 Å². The van der Waals surface area contributed by atoms with Crippen molar-refractivity contribution in [2.24, 2.45) is 0 Å². The number of nitrogens with zero attached hydrogens (tertiary/aromatic N) is 2. The molecule has 0 aromatic heterocycles. The van der Waals surface area contributed by atoms with E-state index in [1.165, 1.54) is 140 Å². The minimum atomic E-state index is 0.984. The first-order valence-corrected chi connectivity index (χ1v) is 23.0. The van der Waals surface area contributed by atoms with E-state index < -0.39 is 0 Å². The molecule has 2 aromatic rings. The summed E-state index contributed by atoms with van der Waals surface area (Å²) in [5, 5.41) is 2.85. The van der Waals surface area contributed by atoms with Crippen LogP contribution in [0.25, 0.3) is 16.9 Å². The van der Waals surface area contributed by atoms with E-state index in [1.54, 1.807) is 0 Å². The molecule has 0 spiro atoms. The van der Waals surface area contributed by atoms with E-state index in [0.29, 0.717) is 0 Å². The van der Waals surface area contributed by atoms with Gasteiger partial charge >= 0.3 is 129 Å². The van der Waals surface area contributed by atoms with E-state index >= 15 is 0 Å². The zero-order valence-electron chi connectivity index (χ0n) is 34.2. The summed E-state index contributed by atoms with van der Waals surface area (Å²) in [4.78, 5) is 0. The first-order chi connectivity index (χ1) is 25.1. The predicted molar refractivity (Wildman–Crippen MR) is 223 cm³/mol. The van der Waals surface area contributed by atoms with Gasteiger partial charge in [-0.3, -0.25) is 0 Å². The summed E-state index contributed by atoms with van der Waals surface area (Å²) < 4.78 is 1.50. The van der Waals surface area contributed by atoms with Crippen molar-refractivity contribution in [3.63, 3.8) is 0 Å². The van der Waals surface area contributed by atoms with Crippen LogP contribution in [-0.2, 0) is 27.3 Å². The van der Waals surface area contributed by atoms with E-state index in [0.717, 1.165) is 73.9 Å². The molecule has 0 unspecified atom stereocenters. The van der Waals surface area contributed by atoms with E-state index in [4.69, 9.17) is 0 Å². The second-order valence-electron chi connectivity index (χ2n) is 14.7. The van der Waals surface area contributed by atoms with E-state index in [9.17, 15) is 5.53 Å².